The van der Waals surface area contributed by atoms with E-state index in [1.165, 1.54) is 12.1 Å². The van der Waals surface area contributed by atoms with Gasteiger partial charge in [-0.25, -0.2) is 9.37 Å². The molecular formula is C18H17FN2O2S. The van der Waals surface area contributed by atoms with Gasteiger partial charge in [-0.05, 0) is 36.2 Å². The van der Waals surface area contributed by atoms with Crippen LogP contribution in [0.3, 0.4) is 0 Å². The van der Waals surface area contributed by atoms with Crippen LogP contribution in [0.2, 0.25) is 0 Å². The Balaban J connectivity index is 1.37. The van der Waals surface area contributed by atoms with Crippen LogP contribution in [-0.4, -0.2) is 24.0 Å². The molecule has 6 heteroatoms. The highest BCUT2D eigenvalue weighted by Crippen LogP contribution is 2.21. The average molecular weight is 344 g/mol. The first-order chi connectivity index (χ1) is 11.7. The molecule has 2 aromatic carbocycles. The Kier molecular flexibility index (Phi) is 5.51. The summed E-state index contributed by atoms with van der Waals surface area (Å²) in [4.78, 5) is 16.2. The first kappa shape index (κ1) is 16.5. The number of halogens is 1. The standard InChI is InChI=1S/C18H17FN2O2S/c19-14-7-5-13(6-8-14)9-10-20-17(22)11-23-12-18-21-15-3-1-2-4-16(15)24-18/h1-8H,9-12H2,(H,20,22). The third kappa shape index (κ3) is 4.59. The molecule has 0 radical (unpaired) electrons. The molecule has 0 saturated carbocycles. The fourth-order valence-corrected chi connectivity index (χ4v) is 3.17. The molecule has 3 rings (SSSR count). The minimum absolute atomic E-state index is 0.000652. The number of nitrogens with zero attached hydrogens (tertiary/aromatic N) is 1. The first-order valence-corrected chi connectivity index (χ1v) is 8.46. The molecule has 1 heterocycles. The van der Waals surface area contributed by atoms with Gasteiger partial charge in [-0.15, -0.1) is 11.3 Å². The number of thiazole rings is 1. The topological polar surface area (TPSA) is 51.2 Å². The fourth-order valence-electron chi connectivity index (χ4n) is 2.26. The molecule has 0 saturated heterocycles. The second kappa shape index (κ2) is 7.99. The van der Waals surface area contributed by atoms with Crippen molar-refractivity contribution in [3.05, 3.63) is 64.9 Å². The van der Waals surface area contributed by atoms with Gasteiger partial charge in [0.1, 0.15) is 17.4 Å². The van der Waals surface area contributed by atoms with E-state index in [4.69, 9.17) is 4.74 Å². The Morgan fingerprint density at radius 3 is 2.75 bits per heavy atom. The highest BCUT2D eigenvalue weighted by atomic mass is 32.1. The number of ether oxygens (including phenoxy) is 1. The van der Waals surface area contributed by atoms with Gasteiger partial charge in [0.05, 0.1) is 16.8 Å². The van der Waals surface area contributed by atoms with E-state index in [2.05, 4.69) is 10.3 Å². The Labute approximate surface area is 143 Å². The summed E-state index contributed by atoms with van der Waals surface area (Å²) in [6.07, 6.45) is 0.657. The molecule has 124 valence electrons. The number of carbonyl (C=O) groups is 1. The Morgan fingerprint density at radius 1 is 1.17 bits per heavy atom. The van der Waals surface area contributed by atoms with Crippen LogP contribution < -0.4 is 5.32 Å². The molecule has 1 aromatic heterocycles. The molecule has 0 atom stereocenters. The molecule has 0 aliphatic rings. The Hall–Kier alpha value is -2.31. The van der Waals surface area contributed by atoms with Crippen LogP contribution in [0.4, 0.5) is 4.39 Å². The van der Waals surface area contributed by atoms with Crippen molar-refractivity contribution in [1.82, 2.24) is 10.3 Å². The summed E-state index contributed by atoms with van der Waals surface area (Å²) in [6.45, 7) is 0.818. The maximum Gasteiger partial charge on any atom is 0.246 e. The summed E-state index contributed by atoms with van der Waals surface area (Å²) in [7, 11) is 0. The highest BCUT2D eigenvalue weighted by molar-refractivity contribution is 7.18. The maximum absolute atomic E-state index is 12.8. The van der Waals surface area contributed by atoms with Crippen molar-refractivity contribution in [3.63, 3.8) is 0 Å². The van der Waals surface area contributed by atoms with E-state index in [0.29, 0.717) is 19.6 Å². The molecule has 3 aromatic rings. The van der Waals surface area contributed by atoms with Crippen molar-refractivity contribution in [2.45, 2.75) is 13.0 Å². The summed E-state index contributed by atoms with van der Waals surface area (Å²) in [6, 6.07) is 14.1. The molecule has 1 N–H and O–H groups in total. The predicted octanol–water partition coefficient (Wildman–Crippen LogP) is 3.31. The number of fused-ring (bicyclic) bond motifs is 1. The van der Waals surface area contributed by atoms with Crippen LogP contribution in [-0.2, 0) is 22.6 Å². The van der Waals surface area contributed by atoms with Gasteiger partial charge in [0.2, 0.25) is 5.91 Å². The van der Waals surface area contributed by atoms with E-state index in [0.717, 1.165) is 20.8 Å². The zero-order valence-electron chi connectivity index (χ0n) is 13.0. The van der Waals surface area contributed by atoms with Crippen molar-refractivity contribution < 1.29 is 13.9 Å². The quantitative estimate of drug-likeness (QED) is 0.715. The Morgan fingerprint density at radius 2 is 1.96 bits per heavy atom. The number of nitrogens with one attached hydrogen (secondary N) is 1. The monoisotopic (exact) mass is 344 g/mol. The van der Waals surface area contributed by atoms with Gasteiger partial charge in [-0.3, -0.25) is 4.79 Å². The molecule has 4 nitrogen and oxygen atoms in total. The first-order valence-electron chi connectivity index (χ1n) is 7.64. The number of amides is 1. The lowest BCUT2D eigenvalue weighted by molar-refractivity contribution is -0.126. The number of para-hydroxylation sites is 1. The maximum atomic E-state index is 12.8. The van der Waals surface area contributed by atoms with Crippen molar-refractivity contribution in [2.24, 2.45) is 0 Å². The Bertz CT molecular complexity index is 784. The molecule has 0 spiro atoms. The van der Waals surface area contributed by atoms with Crippen LogP contribution in [0.15, 0.2) is 48.5 Å². The van der Waals surface area contributed by atoms with Crippen LogP contribution >= 0.6 is 11.3 Å². The third-order valence-electron chi connectivity index (χ3n) is 3.45. The van der Waals surface area contributed by atoms with Gasteiger partial charge in [-0.1, -0.05) is 24.3 Å². The minimum atomic E-state index is -0.258. The molecule has 24 heavy (non-hydrogen) atoms. The summed E-state index contributed by atoms with van der Waals surface area (Å²) in [5.74, 6) is -0.427. The van der Waals surface area contributed by atoms with Gasteiger partial charge in [0.15, 0.2) is 0 Å². The fraction of sp³-hybridized carbons (Fsp3) is 0.222. The lowest BCUT2D eigenvalue weighted by Crippen LogP contribution is -2.29. The van der Waals surface area contributed by atoms with Crippen LogP contribution in [0, 0.1) is 5.82 Å². The van der Waals surface area contributed by atoms with Crippen LogP contribution in [0.5, 0.6) is 0 Å². The predicted molar refractivity (Wildman–Crippen MR) is 92.4 cm³/mol. The van der Waals surface area contributed by atoms with E-state index < -0.39 is 0 Å². The summed E-state index contributed by atoms with van der Waals surface area (Å²) in [5, 5.41) is 3.64. The van der Waals surface area contributed by atoms with Gasteiger partial charge in [0, 0.05) is 6.54 Å². The van der Waals surface area contributed by atoms with Crippen molar-refractivity contribution in [3.8, 4) is 0 Å². The van der Waals surface area contributed by atoms with Gasteiger partial charge in [-0.2, -0.15) is 0 Å². The van der Waals surface area contributed by atoms with Crippen molar-refractivity contribution in [2.75, 3.05) is 13.2 Å². The normalized spacial score (nSPS) is 10.9. The smallest absolute Gasteiger partial charge is 0.246 e. The third-order valence-corrected chi connectivity index (χ3v) is 4.46. The van der Waals surface area contributed by atoms with Gasteiger partial charge >= 0.3 is 0 Å². The molecular weight excluding hydrogens is 327 g/mol. The average Bonchev–Trinajstić information content (AvgIpc) is 2.99. The largest absolute Gasteiger partial charge is 0.364 e. The molecule has 0 aliphatic carbocycles. The van der Waals surface area contributed by atoms with E-state index in [-0.39, 0.29) is 18.3 Å². The van der Waals surface area contributed by atoms with Crippen molar-refractivity contribution >= 4 is 27.5 Å². The number of aromatic nitrogens is 1. The van der Waals surface area contributed by atoms with Gasteiger partial charge in [0.25, 0.3) is 0 Å². The molecule has 0 bridgehead atoms. The minimum Gasteiger partial charge on any atom is -0.364 e. The zero-order valence-corrected chi connectivity index (χ0v) is 13.8. The van der Waals surface area contributed by atoms with E-state index in [9.17, 15) is 9.18 Å². The number of rotatable bonds is 7. The summed E-state index contributed by atoms with van der Waals surface area (Å²) in [5.41, 5.74) is 1.93. The summed E-state index contributed by atoms with van der Waals surface area (Å²) < 4.78 is 19.3. The summed E-state index contributed by atoms with van der Waals surface area (Å²) >= 11 is 1.57. The van der Waals surface area contributed by atoms with E-state index in [1.54, 1.807) is 23.5 Å². The molecule has 1 amide bonds. The van der Waals surface area contributed by atoms with Crippen LogP contribution in [0.1, 0.15) is 10.6 Å². The second-order valence-corrected chi connectivity index (χ2v) is 6.41. The lowest BCUT2D eigenvalue weighted by Gasteiger charge is -2.05. The number of carbonyl (C=O) groups excluding carboxylic acids is 1. The van der Waals surface area contributed by atoms with Crippen molar-refractivity contribution in [1.29, 1.82) is 0 Å². The number of hydrogen-bond donors (Lipinski definition) is 1. The number of hydrogen-bond acceptors (Lipinski definition) is 4. The van der Waals surface area contributed by atoms with Gasteiger partial charge < -0.3 is 10.1 Å². The molecule has 0 unspecified atom stereocenters. The van der Waals surface area contributed by atoms with Crippen LogP contribution in [0.25, 0.3) is 10.2 Å². The molecule has 0 aliphatic heterocycles. The van der Waals surface area contributed by atoms with E-state index >= 15 is 0 Å². The lowest BCUT2D eigenvalue weighted by atomic mass is 10.1. The second-order valence-electron chi connectivity index (χ2n) is 5.29. The van der Waals surface area contributed by atoms with E-state index in [1.807, 2.05) is 24.3 Å². The highest BCUT2D eigenvalue weighted by Gasteiger charge is 2.05. The number of benzene rings is 2. The SMILES string of the molecule is O=C(COCc1nc2ccccc2s1)NCCc1ccc(F)cc1. The zero-order chi connectivity index (χ0) is 16.8. The molecule has 0 fully saturated rings.